The fraction of sp³-hybridized carbons (Fsp3) is 0.167. The Kier molecular flexibility index (Phi) is 3.58. The van der Waals surface area contributed by atoms with Crippen LogP contribution in [0.1, 0.15) is 6.92 Å². The molecule has 0 rings (SSSR count). The van der Waals surface area contributed by atoms with Gasteiger partial charge in [-0.3, -0.25) is 4.99 Å². The lowest BCUT2D eigenvalue weighted by Gasteiger charge is -1.81. The highest BCUT2D eigenvalue weighted by atomic mass is 14.7. The molecular weight excluding hydrogens is 100 g/mol. The molecule has 0 aromatic rings. The lowest BCUT2D eigenvalue weighted by molar-refractivity contribution is 1.47. The van der Waals surface area contributed by atoms with Crippen LogP contribution in [0.3, 0.4) is 0 Å². The molecule has 0 unspecified atom stereocenters. The van der Waals surface area contributed by atoms with E-state index in [0.717, 1.165) is 5.71 Å². The van der Waals surface area contributed by atoms with Crippen molar-refractivity contribution < 1.29 is 0 Å². The molecule has 2 N–H and O–H groups in total. The Bertz CT molecular complexity index is 122. The average Bonchev–Trinajstić information content (AvgIpc) is 1.83. The van der Waals surface area contributed by atoms with Crippen molar-refractivity contribution in [2.24, 2.45) is 10.7 Å². The molecule has 0 aliphatic rings. The number of aliphatic imine (C=N–C) groups is 1. The average molecular weight is 110 g/mol. The van der Waals surface area contributed by atoms with Gasteiger partial charge < -0.3 is 5.73 Å². The second kappa shape index (κ2) is 4.12. The minimum atomic E-state index is 0.867. The Labute approximate surface area is 49.4 Å². The minimum Gasteiger partial charge on any atom is -0.403 e. The zero-order valence-corrected chi connectivity index (χ0v) is 4.96. The fourth-order valence-corrected chi connectivity index (χ4v) is 0.213. The minimum absolute atomic E-state index is 0.867. The molecule has 0 spiro atoms. The predicted molar refractivity (Wildman–Crippen MR) is 36.6 cm³/mol. The summed E-state index contributed by atoms with van der Waals surface area (Å²) < 4.78 is 0. The molecule has 0 aromatic carbocycles. The van der Waals surface area contributed by atoms with Crippen LogP contribution in [0.25, 0.3) is 0 Å². The van der Waals surface area contributed by atoms with Gasteiger partial charge in [-0.05, 0) is 13.0 Å². The highest BCUT2D eigenvalue weighted by molar-refractivity contribution is 5.92. The predicted octanol–water partition coefficient (Wildman–Crippen LogP) is 1.06. The van der Waals surface area contributed by atoms with E-state index in [1.807, 2.05) is 6.92 Å². The maximum absolute atomic E-state index is 5.01. The normalized spacial score (nSPS) is 12.4. The Morgan fingerprint density at radius 1 is 1.75 bits per heavy atom. The molecule has 0 atom stereocenters. The van der Waals surface area contributed by atoms with E-state index >= 15 is 0 Å². The number of nitrogens with two attached hydrogens (primary N) is 1. The summed E-state index contributed by atoms with van der Waals surface area (Å²) in [5, 5.41) is 0. The standard InChI is InChI=1S/C6H10N2/c1-3-6(2)8-5-4-7/h3-5H,1,7H2,2H3. The number of nitrogens with zero attached hydrogens (tertiary/aromatic N) is 1. The molecule has 0 amide bonds. The van der Waals surface area contributed by atoms with Gasteiger partial charge in [0.25, 0.3) is 0 Å². The van der Waals surface area contributed by atoms with Crippen molar-refractivity contribution in [1.29, 1.82) is 0 Å². The van der Waals surface area contributed by atoms with Crippen LogP contribution in [0, 0.1) is 0 Å². The van der Waals surface area contributed by atoms with Gasteiger partial charge in [-0.25, -0.2) is 0 Å². The molecule has 0 aromatic heterocycles. The third-order valence-corrected chi connectivity index (χ3v) is 0.660. The van der Waals surface area contributed by atoms with Crippen LogP contribution in [0.2, 0.25) is 0 Å². The first-order valence-corrected chi connectivity index (χ1v) is 2.35. The summed E-state index contributed by atoms with van der Waals surface area (Å²) >= 11 is 0. The van der Waals surface area contributed by atoms with Crippen LogP contribution < -0.4 is 5.73 Å². The lowest BCUT2D eigenvalue weighted by Crippen LogP contribution is -1.80. The number of hydrogen-bond acceptors (Lipinski definition) is 2. The molecular formula is C6H10N2. The van der Waals surface area contributed by atoms with E-state index in [2.05, 4.69) is 11.6 Å². The van der Waals surface area contributed by atoms with Crippen molar-refractivity contribution in [3.05, 3.63) is 25.1 Å². The first-order chi connectivity index (χ1) is 3.81. The van der Waals surface area contributed by atoms with E-state index in [9.17, 15) is 0 Å². The SMILES string of the molecule is C=CC(C)=NC=CN. The Morgan fingerprint density at radius 3 is 2.75 bits per heavy atom. The first-order valence-electron chi connectivity index (χ1n) is 2.35. The maximum atomic E-state index is 5.01. The van der Waals surface area contributed by atoms with Gasteiger partial charge in [0.15, 0.2) is 0 Å². The van der Waals surface area contributed by atoms with Crippen molar-refractivity contribution in [2.45, 2.75) is 6.92 Å². The molecule has 0 heterocycles. The zero-order valence-electron chi connectivity index (χ0n) is 4.96. The summed E-state index contributed by atoms with van der Waals surface area (Å²) in [5.74, 6) is 0. The van der Waals surface area contributed by atoms with E-state index in [0.29, 0.717) is 0 Å². The van der Waals surface area contributed by atoms with Crippen molar-refractivity contribution in [1.82, 2.24) is 0 Å². The number of allylic oxidation sites excluding steroid dienone is 1. The van der Waals surface area contributed by atoms with E-state index < -0.39 is 0 Å². The quantitative estimate of drug-likeness (QED) is 0.530. The molecule has 44 valence electrons. The van der Waals surface area contributed by atoms with E-state index in [4.69, 9.17) is 5.73 Å². The molecule has 0 aliphatic heterocycles. The van der Waals surface area contributed by atoms with Gasteiger partial charge in [0.05, 0.1) is 0 Å². The van der Waals surface area contributed by atoms with Crippen LogP contribution >= 0.6 is 0 Å². The third-order valence-electron chi connectivity index (χ3n) is 0.660. The van der Waals surface area contributed by atoms with E-state index in [1.165, 1.54) is 12.4 Å². The maximum Gasteiger partial charge on any atom is 0.0425 e. The summed E-state index contributed by atoms with van der Waals surface area (Å²) in [6, 6.07) is 0. The van der Waals surface area contributed by atoms with Crippen LogP contribution in [-0.4, -0.2) is 5.71 Å². The van der Waals surface area contributed by atoms with Crippen molar-refractivity contribution in [3.63, 3.8) is 0 Å². The largest absolute Gasteiger partial charge is 0.403 e. The zero-order chi connectivity index (χ0) is 6.41. The molecule has 2 nitrogen and oxygen atoms in total. The molecule has 2 heteroatoms. The Morgan fingerprint density at radius 2 is 2.38 bits per heavy atom. The number of rotatable bonds is 2. The summed E-state index contributed by atoms with van der Waals surface area (Å²) in [6.07, 6.45) is 4.57. The smallest absolute Gasteiger partial charge is 0.0425 e. The first kappa shape index (κ1) is 6.95. The van der Waals surface area contributed by atoms with Crippen LogP contribution in [0.15, 0.2) is 30.0 Å². The Balaban J connectivity index is 3.74. The van der Waals surface area contributed by atoms with Crippen molar-refractivity contribution in [3.8, 4) is 0 Å². The van der Waals surface area contributed by atoms with Gasteiger partial charge >= 0.3 is 0 Å². The molecule has 0 fully saturated rings. The monoisotopic (exact) mass is 110 g/mol. The molecule has 0 bridgehead atoms. The molecule has 0 saturated carbocycles. The summed E-state index contributed by atoms with van der Waals surface area (Å²) in [6.45, 7) is 5.36. The summed E-state index contributed by atoms with van der Waals surface area (Å²) in [4.78, 5) is 3.85. The van der Waals surface area contributed by atoms with E-state index in [1.54, 1.807) is 6.08 Å². The van der Waals surface area contributed by atoms with Gasteiger partial charge in [0.2, 0.25) is 0 Å². The van der Waals surface area contributed by atoms with Crippen molar-refractivity contribution >= 4 is 5.71 Å². The van der Waals surface area contributed by atoms with Crippen LogP contribution in [-0.2, 0) is 0 Å². The van der Waals surface area contributed by atoms with Crippen LogP contribution in [0.5, 0.6) is 0 Å². The topological polar surface area (TPSA) is 38.4 Å². The van der Waals surface area contributed by atoms with Gasteiger partial charge in [-0.1, -0.05) is 6.58 Å². The van der Waals surface area contributed by atoms with Gasteiger partial charge in [0, 0.05) is 18.1 Å². The highest BCUT2D eigenvalue weighted by Crippen LogP contribution is 1.77. The second-order valence-corrected chi connectivity index (χ2v) is 1.32. The highest BCUT2D eigenvalue weighted by Gasteiger charge is 1.71. The number of hydrogen-bond donors (Lipinski definition) is 1. The van der Waals surface area contributed by atoms with Gasteiger partial charge in [-0.2, -0.15) is 0 Å². The summed E-state index contributed by atoms with van der Waals surface area (Å²) in [7, 11) is 0. The second-order valence-electron chi connectivity index (χ2n) is 1.32. The van der Waals surface area contributed by atoms with Crippen molar-refractivity contribution in [2.75, 3.05) is 0 Å². The molecule has 0 aliphatic carbocycles. The fourth-order valence-electron chi connectivity index (χ4n) is 0.213. The van der Waals surface area contributed by atoms with E-state index in [-0.39, 0.29) is 0 Å². The van der Waals surface area contributed by atoms with Gasteiger partial charge in [0.1, 0.15) is 0 Å². The molecule has 0 radical (unpaired) electrons. The van der Waals surface area contributed by atoms with Crippen LogP contribution in [0.4, 0.5) is 0 Å². The Hall–Kier alpha value is -1.05. The molecule has 0 saturated heterocycles. The lowest BCUT2D eigenvalue weighted by atomic mass is 10.4. The molecule has 8 heavy (non-hydrogen) atoms. The third kappa shape index (κ3) is 3.15. The van der Waals surface area contributed by atoms with Gasteiger partial charge in [-0.15, -0.1) is 0 Å². The summed E-state index contributed by atoms with van der Waals surface area (Å²) in [5.41, 5.74) is 5.88.